The van der Waals surface area contributed by atoms with Crippen LogP contribution in [-0.2, 0) is 20.2 Å². The van der Waals surface area contributed by atoms with Crippen LogP contribution >= 0.6 is 0 Å². The third-order valence-electron chi connectivity index (χ3n) is 5.61. The van der Waals surface area contributed by atoms with Gasteiger partial charge in [0.1, 0.15) is 23.9 Å². The minimum atomic E-state index is 0.403. The van der Waals surface area contributed by atoms with Crippen LogP contribution in [0.5, 0.6) is 5.75 Å². The van der Waals surface area contributed by atoms with Gasteiger partial charge in [-0.15, -0.1) is 0 Å². The minimum Gasteiger partial charge on any atom is -0.489 e. The molecule has 2 N–H and O–H groups in total. The molecule has 5 aromatic rings. The zero-order chi connectivity index (χ0) is 24.4. The van der Waals surface area contributed by atoms with E-state index < -0.39 is 0 Å². The number of hydrogen-bond donors (Lipinski definition) is 1. The highest BCUT2D eigenvalue weighted by molar-refractivity contribution is 5.91. The fraction of sp³-hybridized carbons (Fsp3) is 0.185. The Bertz CT molecular complexity index is 1460. The molecule has 0 atom stereocenters. The van der Waals surface area contributed by atoms with Crippen molar-refractivity contribution >= 4 is 16.7 Å². The highest BCUT2D eigenvalue weighted by Gasteiger charge is 2.14. The van der Waals surface area contributed by atoms with Crippen molar-refractivity contribution in [3.63, 3.8) is 0 Å². The standard InChI is InChI=1S/C27H27N7O/c1-33(2)15-20-16-34(3)27(30-20)23-13-22-24(14-29-23)31-26(32-25(22)28)19-9-11-21(12-10-19)35-17-18-7-5-4-6-8-18/h4-14,16H,15,17H2,1-3H3,(H2,28,31,32). The fourth-order valence-corrected chi connectivity index (χ4v) is 3.91. The summed E-state index contributed by atoms with van der Waals surface area (Å²) in [5.74, 6) is 2.50. The third kappa shape index (κ3) is 4.97. The Hall–Kier alpha value is -4.30. The summed E-state index contributed by atoms with van der Waals surface area (Å²) >= 11 is 0. The molecule has 0 spiro atoms. The molecule has 0 amide bonds. The molecule has 0 aliphatic carbocycles. The SMILES string of the molecule is CN(C)Cc1cn(C)c(-c2cc3c(N)nc(-c4ccc(OCc5ccccc5)cc4)nc3cn2)n1. The number of benzene rings is 2. The first-order valence-electron chi connectivity index (χ1n) is 11.3. The van der Waals surface area contributed by atoms with Crippen LogP contribution in [0, 0.1) is 0 Å². The summed E-state index contributed by atoms with van der Waals surface area (Å²) in [5.41, 5.74) is 10.7. The molecular weight excluding hydrogens is 438 g/mol. The van der Waals surface area contributed by atoms with Crippen LogP contribution in [0.15, 0.2) is 73.1 Å². The predicted molar refractivity (Wildman–Crippen MR) is 138 cm³/mol. The van der Waals surface area contributed by atoms with Crippen molar-refractivity contribution in [1.82, 2.24) is 29.4 Å². The van der Waals surface area contributed by atoms with Crippen LogP contribution in [0.4, 0.5) is 5.82 Å². The number of nitrogens with two attached hydrogens (primary N) is 1. The largest absolute Gasteiger partial charge is 0.489 e. The van der Waals surface area contributed by atoms with Gasteiger partial charge in [0.25, 0.3) is 0 Å². The summed E-state index contributed by atoms with van der Waals surface area (Å²) in [5, 5.41) is 0.749. The lowest BCUT2D eigenvalue weighted by atomic mass is 10.1. The van der Waals surface area contributed by atoms with Crippen LogP contribution < -0.4 is 10.5 Å². The molecule has 0 radical (unpaired) electrons. The number of rotatable bonds is 7. The van der Waals surface area contributed by atoms with Gasteiger partial charge in [-0.1, -0.05) is 30.3 Å². The fourth-order valence-electron chi connectivity index (χ4n) is 3.91. The number of imidazole rings is 1. The van der Waals surface area contributed by atoms with Crippen molar-refractivity contribution in [2.75, 3.05) is 19.8 Å². The number of anilines is 1. The highest BCUT2D eigenvalue weighted by atomic mass is 16.5. The van der Waals surface area contributed by atoms with Crippen molar-refractivity contribution in [3.8, 4) is 28.7 Å². The molecule has 176 valence electrons. The monoisotopic (exact) mass is 465 g/mol. The molecule has 0 aliphatic rings. The Morgan fingerprint density at radius 2 is 1.74 bits per heavy atom. The molecule has 2 aromatic carbocycles. The quantitative estimate of drug-likeness (QED) is 0.383. The first-order valence-corrected chi connectivity index (χ1v) is 11.3. The Balaban J connectivity index is 1.38. The maximum atomic E-state index is 6.36. The summed E-state index contributed by atoms with van der Waals surface area (Å²) in [4.78, 5) is 20.7. The van der Waals surface area contributed by atoms with E-state index in [1.807, 2.05) is 92.6 Å². The van der Waals surface area contributed by atoms with Gasteiger partial charge in [-0.05, 0) is 50.0 Å². The Morgan fingerprint density at radius 3 is 2.49 bits per heavy atom. The third-order valence-corrected chi connectivity index (χ3v) is 5.61. The molecule has 35 heavy (non-hydrogen) atoms. The zero-order valence-corrected chi connectivity index (χ0v) is 20.0. The summed E-state index contributed by atoms with van der Waals surface area (Å²) < 4.78 is 7.85. The van der Waals surface area contributed by atoms with E-state index in [2.05, 4.69) is 14.9 Å². The van der Waals surface area contributed by atoms with Gasteiger partial charge in [0.15, 0.2) is 11.6 Å². The van der Waals surface area contributed by atoms with E-state index in [1.165, 1.54) is 0 Å². The van der Waals surface area contributed by atoms with Gasteiger partial charge in [-0.2, -0.15) is 0 Å². The van der Waals surface area contributed by atoms with Crippen LogP contribution in [0.25, 0.3) is 33.8 Å². The van der Waals surface area contributed by atoms with Gasteiger partial charge in [-0.3, -0.25) is 4.98 Å². The maximum Gasteiger partial charge on any atom is 0.162 e. The van der Waals surface area contributed by atoms with E-state index in [9.17, 15) is 0 Å². The molecule has 0 bridgehead atoms. The minimum absolute atomic E-state index is 0.403. The lowest BCUT2D eigenvalue weighted by Gasteiger charge is -2.09. The van der Waals surface area contributed by atoms with Gasteiger partial charge in [0, 0.05) is 30.7 Å². The molecule has 8 heteroatoms. The zero-order valence-electron chi connectivity index (χ0n) is 20.0. The van der Waals surface area contributed by atoms with Crippen molar-refractivity contribution in [1.29, 1.82) is 0 Å². The lowest BCUT2D eigenvalue weighted by molar-refractivity contribution is 0.306. The first kappa shape index (κ1) is 22.5. The summed E-state index contributed by atoms with van der Waals surface area (Å²) in [6, 6.07) is 19.7. The van der Waals surface area contributed by atoms with E-state index in [0.29, 0.717) is 23.8 Å². The topological polar surface area (TPSA) is 95.0 Å². The van der Waals surface area contributed by atoms with Crippen molar-refractivity contribution in [3.05, 3.63) is 84.3 Å². The number of aryl methyl sites for hydroxylation is 1. The average Bonchev–Trinajstić information content (AvgIpc) is 3.22. The molecule has 0 aliphatic heterocycles. The van der Waals surface area contributed by atoms with E-state index in [-0.39, 0.29) is 0 Å². The predicted octanol–water partition coefficient (Wildman–Crippen LogP) is 4.32. The second kappa shape index (κ2) is 9.52. The molecule has 0 saturated carbocycles. The van der Waals surface area contributed by atoms with Gasteiger partial charge in [0.2, 0.25) is 0 Å². The summed E-state index contributed by atoms with van der Waals surface area (Å²) in [6.07, 6.45) is 3.74. The van der Waals surface area contributed by atoms with Crippen LogP contribution in [0.3, 0.4) is 0 Å². The number of nitrogens with zero attached hydrogens (tertiary/aromatic N) is 6. The van der Waals surface area contributed by atoms with Crippen molar-refractivity contribution < 1.29 is 4.74 Å². The maximum absolute atomic E-state index is 6.36. The van der Waals surface area contributed by atoms with Gasteiger partial charge in [-0.25, -0.2) is 15.0 Å². The van der Waals surface area contributed by atoms with Crippen LogP contribution in [0.2, 0.25) is 0 Å². The average molecular weight is 466 g/mol. The van der Waals surface area contributed by atoms with Crippen LogP contribution in [0.1, 0.15) is 11.3 Å². The van der Waals surface area contributed by atoms with Gasteiger partial charge >= 0.3 is 0 Å². The Morgan fingerprint density at radius 1 is 0.971 bits per heavy atom. The van der Waals surface area contributed by atoms with Crippen LogP contribution in [-0.4, -0.2) is 43.5 Å². The second-order valence-electron chi connectivity index (χ2n) is 8.72. The van der Waals surface area contributed by atoms with Crippen molar-refractivity contribution in [2.45, 2.75) is 13.2 Å². The number of hydrogen-bond acceptors (Lipinski definition) is 7. The van der Waals surface area contributed by atoms with Gasteiger partial charge in [0.05, 0.1) is 17.4 Å². The molecule has 0 saturated heterocycles. The molecule has 3 heterocycles. The second-order valence-corrected chi connectivity index (χ2v) is 8.72. The number of aromatic nitrogens is 5. The van der Waals surface area contributed by atoms with E-state index in [1.54, 1.807) is 6.20 Å². The molecule has 0 fully saturated rings. The van der Waals surface area contributed by atoms with E-state index >= 15 is 0 Å². The molecule has 0 unspecified atom stereocenters. The highest BCUT2D eigenvalue weighted by Crippen LogP contribution is 2.27. The lowest BCUT2D eigenvalue weighted by Crippen LogP contribution is -2.10. The van der Waals surface area contributed by atoms with Crippen molar-refractivity contribution in [2.24, 2.45) is 7.05 Å². The Kier molecular flexibility index (Phi) is 6.12. The Labute approximate surface area is 204 Å². The smallest absolute Gasteiger partial charge is 0.162 e. The number of ether oxygens (including phenoxy) is 1. The van der Waals surface area contributed by atoms with E-state index in [4.69, 9.17) is 20.4 Å². The number of fused-ring (bicyclic) bond motifs is 1. The number of pyridine rings is 1. The van der Waals surface area contributed by atoms with E-state index in [0.717, 1.165) is 46.0 Å². The normalized spacial score (nSPS) is 11.3. The molecular formula is C27H27N7O. The summed E-state index contributed by atoms with van der Waals surface area (Å²) in [6.45, 7) is 1.27. The molecule has 5 rings (SSSR count). The molecule has 3 aromatic heterocycles. The number of nitrogen functional groups attached to an aromatic ring is 1. The van der Waals surface area contributed by atoms with Gasteiger partial charge < -0.3 is 19.9 Å². The first-order chi connectivity index (χ1) is 17.0. The molecule has 8 nitrogen and oxygen atoms in total. The summed E-state index contributed by atoms with van der Waals surface area (Å²) in [7, 11) is 6.00.